The van der Waals surface area contributed by atoms with Gasteiger partial charge in [0.25, 0.3) is 0 Å². The molecule has 0 saturated carbocycles. The van der Waals surface area contributed by atoms with Crippen LogP contribution in [0.3, 0.4) is 0 Å². The number of hydrogen-bond acceptors (Lipinski definition) is 5. The van der Waals surface area contributed by atoms with Crippen molar-refractivity contribution in [1.82, 2.24) is 0 Å². The van der Waals surface area contributed by atoms with Gasteiger partial charge in [0.05, 0.1) is 7.11 Å². The molecule has 5 heteroatoms. The molecule has 0 N–H and O–H groups in total. The number of methoxy groups -OCH3 is 1. The highest BCUT2D eigenvalue weighted by molar-refractivity contribution is 6.07. The van der Waals surface area contributed by atoms with Crippen molar-refractivity contribution in [2.75, 3.05) is 13.7 Å². The average molecular weight is 333 g/mol. The Morgan fingerprint density at radius 1 is 1.24 bits per heavy atom. The zero-order valence-corrected chi connectivity index (χ0v) is 13.6. The van der Waals surface area contributed by atoms with Crippen LogP contribution in [0.5, 0.6) is 11.5 Å². The number of benzene rings is 2. The van der Waals surface area contributed by atoms with E-state index < -0.39 is 0 Å². The lowest BCUT2D eigenvalue weighted by molar-refractivity contribution is 0.102. The van der Waals surface area contributed by atoms with Crippen molar-refractivity contribution in [3.63, 3.8) is 0 Å². The summed E-state index contributed by atoms with van der Waals surface area (Å²) in [6.07, 6.45) is 3.11. The normalized spacial score (nSPS) is 10.7. The first kappa shape index (κ1) is 16.3. The zero-order chi connectivity index (χ0) is 17.6. The van der Waals surface area contributed by atoms with E-state index in [4.69, 9.17) is 19.2 Å². The quantitative estimate of drug-likeness (QED) is 0.498. The van der Waals surface area contributed by atoms with E-state index >= 15 is 0 Å². The number of ether oxygens (including phenoxy) is 2. The molecule has 0 spiro atoms. The summed E-state index contributed by atoms with van der Waals surface area (Å²) in [6.45, 7) is -0.0209. The number of carbonyl (C=O) groups is 1. The van der Waals surface area contributed by atoms with Gasteiger partial charge >= 0.3 is 0 Å². The van der Waals surface area contributed by atoms with Crippen LogP contribution >= 0.6 is 0 Å². The Bertz CT molecular complexity index is 979. The molecule has 0 atom stereocenters. The fourth-order valence-electron chi connectivity index (χ4n) is 2.40. The number of carbonyl (C=O) groups excluding carboxylic acids is 1. The maximum absolute atomic E-state index is 12.3. The van der Waals surface area contributed by atoms with Gasteiger partial charge in [-0.3, -0.25) is 4.79 Å². The minimum Gasteiger partial charge on any atom is -0.493 e. The van der Waals surface area contributed by atoms with Gasteiger partial charge < -0.3 is 13.9 Å². The first-order valence-corrected chi connectivity index (χ1v) is 7.60. The Hall–Kier alpha value is -3.52. The van der Waals surface area contributed by atoms with E-state index in [1.165, 1.54) is 6.08 Å². The van der Waals surface area contributed by atoms with Gasteiger partial charge in [0.15, 0.2) is 23.7 Å². The maximum atomic E-state index is 12.3. The van der Waals surface area contributed by atoms with Gasteiger partial charge in [0.1, 0.15) is 11.8 Å². The number of fused-ring (bicyclic) bond motifs is 1. The highest BCUT2D eigenvalue weighted by atomic mass is 16.5. The summed E-state index contributed by atoms with van der Waals surface area (Å²) in [6, 6.07) is 16.2. The molecular formula is C20H15NO4. The molecule has 0 bridgehead atoms. The number of allylic oxidation sites excluding steroid dienone is 1. The van der Waals surface area contributed by atoms with E-state index in [0.717, 1.165) is 10.9 Å². The van der Waals surface area contributed by atoms with E-state index in [2.05, 4.69) is 0 Å². The molecule has 1 heterocycles. The highest BCUT2D eigenvalue weighted by Gasteiger charge is 2.12. The molecule has 5 nitrogen and oxygen atoms in total. The van der Waals surface area contributed by atoms with E-state index in [1.807, 2.05) is 24.3 Å². The molecular weight excluding hydrogens is 318 g/mol. The van der Waals surface area contributed by atoms with Crippen molar-refractivity contribution in [2.45, 2.75) is 0 Å². The average Bonchev–Trinajstić information content (AvgIpc) is 3.09. The van der Waals surface area contributed by atoms with Crippen LogP contribution in [0.4, 0.5) is 0 Å². The van der Waals surface area contributed by atoms with Crippen molar-refractivity contribution in [3.05, 3.63) is 65.9 Å². The summed E-state index contributed by atoms with van der Waals surface area (Å²) in [5.41, 5.74) is 1.34. The number of para-hydroxylation sites is 1. The smallest absolute Gasteiger partial charge is 0.221 e. The van der Waals surface area contributed by atoms with Crippen LogP contribution in [0.2, 0.25) is 0 Å². The van der Waals surface area contributed by atoms with E-state index in [1.54, 1.807) is 43.5 Å². The lowest BCUT2D eigenvalue weighted by Gasteiger charge is -2.01. The predicted molar refractivity (Wildman–Crippen MR) is 93.7 cm³/mol. The molecule has 3 rings (SSSR count). The Labute approximate surface area is 144 Å². The second-order valence-electron chi connectivity index (χ2n) is 5.21. The van der Waals surface area contributed by atoms with Crippen LogP contribution in [0.25, 0.3) is 17.0 Å². The third kappa shape index (κ3) is 3.70. The van der Waals surface area contributed by atoms with Crippen LogP contribution in [0.15, 0.2) is 59.0 Å². The van der Waals surface area contributed by atoms with Crippen molar-refractivity contribution in [1.29, 1.82) is 5.26 Å². The van der Waals surface area contributed by atoms with Crippen molar-refractivity contribution < 1.29 is 18.7 Å². The molecule has 2 aromatic carbocycles. The monoisotopic (exact) mass is 333 g/mol. The van der Waals surface area contributed by atoms with Crippen LogP contribution in [0.1, 0.15) is 16.1 Å². The lowest BCUT2D eigenvalue weighted by Crippen LogP contribution is -1.93. The first-order chi connectivity index (χ1) is 12.2. The second-order valence-corrected chi connectivity index (χ2v) is 5.21. The second kappa shape index (κ2) is 7.37. The summed E-state index contributed by atoms with van der Waals surface area (Å²) in [5, 5.41) is 9.35. The number of nitriles is 1. The Kier molecular flexibility index (Phi) is 4.82. The summed E-state index contributed by atoms with van der Waals surface area (Å²) in [5.74, 6) is 1.15. The molecule has 0 saturated heterocycles. The minimum atomic E-state index is -0.249. The highest BCUT2D eigenvalue weighted by Crippen LogP contribution is 2.28. The summed E-state index contributed by atoms with van der Waals surface area (Å²) in [4.78, 5) is 12.3. The third-order valence-corrected chi connectivity index (χ3v) is 3.56. The molecule has 3 aromatic rings. The zero-order valence-electron chi connectivity index (χ0n) is 13.6. The van der Waals surface area contributed by atoms with Gasteiger partial charge in [-0.05, 0) is 35.9 Å². The Morgan fingerprint density at radius 3 is 2.88 bits per heavy atom. The molecule has 124 valence electrons. The molecule has 0 aliphatic heterocycles. The fourth-order valence-corrected chi connectivity index (χ4v) is 2.40. The molecule has 1 aromatic heterocycles. The summed E-state index contributed by atoms with van der Waals surface area (Å²) in [7, 11) is 1.56. The molecule has 25 heavy (non-hydrogen) atoms. The van der Waals surface area contributed by atoms with Crippen LogP contribution in [0, 0.1) is 11.3 Å². The first-order valence-electron chi connectivity index (χ1n) is 7.60. The number of nitrogens with zero attached hydrogens (tertiary/aromatic N) is 1. The number of rotatable bonds is 6. The van der Waals surface area contributed by atoms with E-state index in [9.17, 15) is 4.79 Å². The van der Waals surface area contributed by atoms with Gasteiger partial charge in [-0.15, -0.1) is 0 Å². The molecule has 0 radical (unpaired) electrons. The lowest BCUT2D eigenvalue weighted by atomic mass is 10.1. The summed E-state index contributed by atoms with van der Waals surface area (Å²) >= 11 is 0. The Balaban J connectivity index is 1.80. The minimum absolute atomic E-state index is 0.0209. The number of hydrogen-bond donors (Lipinski definition) is 0. The molecule has 0 aliphatic rings. The molecule has 0 aliphatic carbocycles. The SMILES string of the molecule is COc1cccc2cc(C(=O)C=Cc3cccc(OCC#N)c3)oc12. The van der Waals surface area contributed by atoms with Gasteiger partial charge in [0, 0.05) is 5.39 Å². The molecule has 0 fully saturated rings. The van der Waals surface area contributed by atoms with E-state index in [-0.39, 0.29) is 18.2 Å². The topological polar surface area (TPSA) is 72.5 Å². The summed E-state index contributed by atoms with van der Waals surface area (Å²) < 4.78 is 16.1. The van der Waals surface area contributed by atoms with Gasteiger partial charge in [-0.1, -0.05) is 30.3 Å². The van der Waals surface area contributed by atoms with Gasteiger partial charge in [-0.25, -0.2) is 0 Å². The third-order valence-electron chi connectivity index (χ3n) is 3.56. The van der Waals surface area contributed by atoms with Crippen LogP contribution in [-0.4, -0.2) is 19.5 Å². The Morgan fingerprint density at radius 2 is 2.08 bits per heavy atom. The van der Waals surface area contributed by atoms with Crippen molar-refractivity contribution in [3.8, 4) is 17.6 Å². The van der Waals surface area contributed by atoms with Gasteiger partial charge in [0.2, 0.25) is 5.78 Å². The molecule has 0 amide bonds. The van der Waals surface area contributed by atoms with Crippen LogP contribution in [-0.2, 0) is 0 Å². The van der Waals surface area contributed by atoms with Gasteiger partial charge in [-0.2, -0.15) is 5.26 Å². The van der Waals surface area contributed by atoms with Crippen LogP contribution < -0.4 is 9.47 Å². The predicted octanol–water partition coefficient (Wildman–Crippen LogP) is 4.24. The van der Waals surface area contributed by atoms with E-state index in [0.29, 0.717) is 17.1 Å². The van der Waals surface area contributed by atoms with Crippen molar-refractivity contribution >= 4 is 22.8 Å². The van der Waals surface area contributed by atoms with Crippen molar-refractivity contribution in [2.24, 2.45) is 0 Å². The molecule has 0 unspecified atom stereocenters. The number of furan rings is 1. The largest absolute Gasteiger partial charge is 0.493 e. The fraction of sp³-hybridized carbons (Fsp3) is 0.100. The standard InChI is InChI=1S/C20H15NO4/c1-23-18-7-3-5-15-13-19(25-20(15)18)17(22)9-8-14-4-2-6-16(12-14)24-11-10-21/h2-9,12-13H,11H2,1H3. The number of ketones is 1. The maximum Gasteiger partial charge on any atom is 0.221 e.